The molecule has 0 spiro atoms. The highest BCUT2D eigenvalue weighted by Gasteiger charge is 2.53. The summed E-state index contributed by atoms with van der Waals surface area (Å²) in [4.78, 5) is 43.0. The highest BCUT2D eigenvalue weighted by Crippen LogP contribution is 2.42. The average Bonchev–Trinajstić information content (AvgIpc) is 3.35. The number of allylic oxidation sites excluding steroid dienone is 1. The van der Waals surface area contributed by atoms with Gasteiger partial charge in [0.05, 0.1) is 11.1 Å². The van der Waals surface area contributed by atoms with Crippen molar-refractivity contribution < 1.29 is 24.7 Å². The first-order chi connectivity index (χ1) is 16.2. The summed E-state index contributed by atoms with van der Waals surface area (Å²) >= 11 is 10.8. The Bertz CT molecular complexity index is 1230. The molecule has 4 heterocycles. The normalized spacial score (nSPS) is 20.2. The van der Waals surface area contributed by atoms with Crippen molar-refractivity contribution in [2.75, 3.05) is 16.6 Å². The molecule has 13 nitrogen and oxygen atoms in total. The van der Waals surface area contributed by atoms with Crippen LogP contribution in [0.2, 0.25) is 4.34 Å². The molecule has 0 aromatic carbocycles. The largest absolute Gasteiger partial charge is 0.477 e. The maximum Gasteiger partial charge on any atom is 0.353 e. The Morgan fingerprint density at radius 2 is 2.03 bits per heavy atom. The van der Waals surface area contributed by atoms with Crippen LogP contribution in [-0.4, -0.2) is 71.1 Å². The molecule has 0 saturated carbocycles. The van der Waals surface area contributed by atoms with Gasteiger partial charge in [-0.2, -0.15) is 0 Å². The number of carboxylic acids is 1. The van der Waals surface area contributed by atoms with Crippen LogP contribution >= 0.6 is 57.8 Å². The lowest BCUT2D eigenvalue weighted by atomic mass is 9.86. The second kappa shape index (κ2) is 9.95. The maximum atomic E-state index is 12.8. The molecule has 0 radical (unpaired) electrons. The molecule has 2 amide bonds. The number of carbonyl (C=O) groups is 3. The van der Waals surface area contributed by atoms with Crippen molar-refractivity contribution in [3.05, 3.63) is 20.6 Å². The van der Waals surface area contributed by atoms with Gasteiger partial charge in [0.15, 0.2) is 15.2 Å². The van der Waals surface area contributed by atoms with Gasteiger partial charge in [0.1, 0.15) is 21.8 Å². The molecule has 2 atom stereocenters. The summed E-state index contributed by atoms with van der Waals surface area (Å²) in [5.74, 6) is -2.71. The molecule has 2 aliphatic heterocycles. The van der Waals surface area contributed by atoms with Crippen LogP contribution in [0.25, 0.3) is 0 Å². The average molecular weight is 563 g/mol. The molecule has 2 aromatic rings. The van der Waals surface area contributed by atoms with Crippen LogP contribution in [0, 0.1) is 0 Å². The van der Waals surface area contributed by atoms with Crippen molar-refractivity contribution in [3.63, 3.8) is 0 Å². The number of hydrogen-bond acceptors (Lipinski definition) is 14. The Kier molecular flexibility index (Phi) is 7.17. The van der Waals surface area contributed by atoms with Crippen LogP contribution in [0.1, 0.15) is 18.5 Å². The molecule has 2 aromatic heterocycles. The van der Waals surface area contributed by atoms with E-state index >= 15 is 0 Å². The van der Waals surface area contributed by atoms with E-state index in [0.29, 0.717) is 32.3 Å². The van der Waals surface area contributed by atoms with E-state index in [0.717, 1.165) is 11.3 Å². The van der Waals surface area contributed by atoms with Gasteiger partial charge in [-0.25, -0.2) is 9.78 Å². The van der Waals surface area contributed by atoms with Gasteiger partial charge in [-0.15, -0.1) is 22.0 Å². The molecule has 34 heavy (non-hydrogen) atoms. The molecular weight excluding hydrogens is 548 g/mol. The van der Waals surface area contributed by atoms with Gasteiger partial charge in [0, 0.05) is 4.91 Å². The molecule has 7 N–H and O–H groups in total. The Hall–Kier alpha value is -2.60. The van der Waals surface area contributed by atoms with Gasteiger partial charge in [-0.05, 0) is 12.8 Å². The van der Waals surface area contributed by atoms with E-state index in [1.807, 2.05) is 0 Å². The van der Waals surface area contributed by atoms with E-state index in [1.165, 1.54) is 39.8 Å². The van der Waals surface area contributed by atoms with Crippen LogP contribution in [0.15, 0.2) is 20.1 Å². The van der Waals surface area contributed by atoms with Crippen molar-refractivity contribution >= 4 is 91.6 Å². The van der Waals surface area contributed by atoms with E-state index in [1.54, 1.807) is 0 Å². The summed E-state index contributed by atoms with van der Waals surface area (Å²) in [6.45, 7) is 0. The molecule has 4 rings (SSSR count). The van der Waals surface area contributed by atoms with Crippen LogP contribution < -0.4 is 16.8 Å². The van der Waals surface area contributed by atoms with E-state index in [-0.39, 0.29) is 20.9 Å². The summed E-state index contributed by atoms with van der Waals surface area (Å²) in [6.07, 6.45) is 0.837. The number of hydrogen-bond donors (Lipinski definition) is 5. The predicted octanol–water partition coefficient (Wildman–Crippen LogP) is 1.26. The number of anilines is 2. The maximum absolute atomic E-state index is 12.8. The number of thiazole rings is 1. The molecule has 0 aliphatic carbocycles. The number of carbonyl (C=O) groups excluding carboxylic acids is 2. The number of aliphatic carboxylic acids is 1. The topological polar surface area (TPSA) is 210 Å². The number of thioether (sulfide) groups is 2. The van der Waals surface area contributed by atoms with Crippen molar-refractivity contribution in [2.24, 2.45) is 5.16 Å². The molecule has 1 fully saturated rings. The Labute approximate surface area is 212 Å². The number of nitrogens with one attached hydrogen (secondary N) is 1. The monoisotopic (exact) mass is 562 g/mol. The molecule has 0 bridgehead atoms. The SMILES string of the molecule is Nc1nnc(SCSC2=C(C(=O)O)N3C(=O)[C@@H](NC(=O)/C(=N\O)c4nc(N)sc4Cl)[C@H]3CC2)s1. The summed E-state index contributed by atoms with van der Waals surface area (Å²) < 4.78 is 0.703. The van der Waals surface area contributed by atoms with Gasteiger partial charge < -0.3 is 27.1 Å². The highest BCUT2D eigenvalue weighted by molar-refractivity contribution is 8.18. The molecule has 1 saturated heterocycles. The quantitative estimate of drug-likeness (QED) is 0.0768. The smallest absolute Gasteiger partial charge is 0.353 e. The number of β-lactam (4-membered cyclic amide) rings is 1. The Balaban J connectivity index is 1.45. The number of nitrogen functional groups attached to an aromatic ring is 2. The molecular formula is C16H15ClN8O5S4. The molecule has 2 aliphatic rings. The number of rotatable bonds is 8. The van der Waals surface area contributed by atoms with Crippen LogP contribution in [0.5, 0.6) is 0 Å². The van der Waals surface area contributed by atoms with Crippen molar-refractivity contribution in [1.29, 1.82) is 0 Å². The number of aromatic nitrogens is 3. The number of fused-ring (bicyclic) bond motifs is 1. The lowest BCUT2D eigenvalue weighted by Crippen LogP contribution is -2.72. The number of carboxylic acid groups (broad SMARTS) is 1. The summed E-state index contributed by atoms with van der Waals surface area (Å²) in [7, 11) is 0. The third-order valence-electron chi connectivity index (χ3n) is 4.86. The van der Waals surface area contributed by atoms with Gasteiger partial charge >= 0.3 is 5.97 Å². The second-order valence-electron chi connectivity index (χ2n) is 6.78. The minimum absolute atomic E-state index is 0.0477. The zero-order chi connectivity index (χ0) is 24.6. The zero-order valence-corrected chi connectivity index (χ0v) is 20.8. The van der Waals surface area contributed by atoms with E-state index < -0.39 is 35.6 Å². The zero-order valence-electron chi connectivity index (χ0n) is 16.8. The summed E-state index contributed by atoms with van der Waals surface area (Å²) in [5, 5.41) is 33.0. The molecule has 180 valence electrons. The lowest BCUT2D eigenvalue weighted by Gasteiger charge is -2.50. The van der Waals surface area contributed by atoms with E-state index in [4.69, 9.17) is 23.1 Å². The Morgan fingerprint density at radius 1 is 1.26 bits per heavy atom. The van der Waals surface area contributed by atoms with E-state index in [2.05, 4.69) is 25.7 Å². The first-order valence-electron chi connectivity index (χ1n) is 9.30. The van der Waals surface area contributed by atoms with Gasteiger partial charge in [0.25, 0.3) is 11.8 Å². The third kappa shape index (κ3) is 4.65. The van der Waals surface area contributed by atoms with Gasteiger partial charge in [-0.3, -0.25) is 14.5 Å². The fraction of sp³-hybridized carbons (Fsp3) is 0.312. The van der Waals surface area contributed by atoms with Crippen molar-refractivity contribution in [3.8, 4) is 0 Å². The van der Waals surface area contributed by atoms with Crippen LogP contribution in [0.4, 0.5) is 10.3 Å². The molecule has 0 unspecified atom stereocenters. The predicted molar refractivity (Wildman–Crippen MR) is 129 cm³/mol. The minimum Gasteiger partial charge on any atom is -0.477 e. The van der Waals surface area contributed by atoms with Crippen LogP contribution in [0.3, 0.4) is 0 Å². The number of halogens is 1. The molecule has 18 heteroatoms. The van der Waals surface area contributed by atoms with Crippen molar-refractivity contribution in [2.45, 2.75) is 29.3 Å². The number of amides is 2. The van der Waals surface area contributed by atoms with Gasteiger partial charge in [-0.1, -0.05) is 51.2 Å². The number of nitrogens with two attached hydrogens (primary N) is 2. The minimum atomic E-state index is -1.24. The standard InChI is InChI=1S/C16H15ClN8O5S4/c17-10-7(21-14(18)33-10)8(24-30)11(26)20-6-4-1-2-5(9(13(28)29)25(4)12(6)27)31-3-32-16-23-22-15(19)34-16/h4,6,30H,1-3H2,(H2,18,21)(H2,19,22)(H,20,26)(H,28,29)/b24-8-/t4-,6+/m1/s1. The highest BCUT2D eigenvalue weighted by atomic mass is 35.5. The number of nitrogens with zero attached hydrogens (tertiary/aromatic N) is 5. The summed E-state index contributed by atoms with van der Waals surface area (Å²) in [5.41, 5.74) is 10.4. The first kappa shape index (κ1) is 24.5. The van der Waals surface area contributed by atoms with Crippen LogP contribution in [-0.2, 0) is 14.4 Å². The summed E-state index contributed by atoms with van der Waals surface area (Å²) in [6, 6.07) is -1.54. The Morgan fingerprint density at radius 3 is 2.62 bits per heavy atom. The second-order valence-corrected chi connectivity index (χ2v) is 12.1. The fourth-order valence-electron chi connectivity index (χ4n) is 3.47. The third-order valence-corrected chi connectivity index (χ3v) is 9.11. The lowest BCUT2D eigenvalue weighted by molar-refractivity contribution is -0.155. The van der Waals surface area contributed by atoms with Gasteiger partial charge in [0.2, 0.25) is 5.13 Å². The van der Waals surface area contributed by atoms with Crippen molar-refractivity contribution in [1.82, 2.24) is 25.4 Å². The van der Waals surface area contributed by atoms with E-state index in [9.17, 15) is 24.7 Å². The number of oxime groups is 1. The first-order valence-corrected chi connectivity index (χ1v) is 13.3. The fourth-order valence-corrected chi connectivity index (χ4v) is 7.56.